The first-order chi connectivity index (χ1) is 13.9. The zero-order valence-corrected chi connectivity index (χ0v) is 18.3. The first-order valence-corrected chi connectivity index (χ1v) is 11.1. The Labute approximate surface area is 177 Å². The van der Waals surface area contributed by atoms with Crippen LogP contribution in [0.1, 0.15) is 36.1 Å². The van der Waals surface area contributed by atoms with Crippen LogP contribution in [0, 0.1) is 13.8 Å². The second-order valence-electron chi connectivity index (χ2n) is 7.15. The maximum absolute atomic E-state index is 12.8. The van der Waals surface area contributed by atoms with E-state index in [4.69, 9.17) is 4.74 Å². The summed E-state index contributed by atoms with van der Waals surface area (Å²) in [6.07, 6.45) is 2.54. The van der Waals surface area contributed by atoms with Gasteiger partial charge in [0, 0.05) is 0 Å². The molecular formula is C23H30N2O3S. The predicted molar refractivity (Wildman–Crippen MR) is 119 cm³/mol. The van der Waals surface area contributed by atoms with Gasteiger partial charge >= 0.3 is 0 Å². The van der Waals surface area contributed by atoms with Gasteiger partial charge in [-0.1, -0.05) is 47.5 Å². The highest BCUT2D eigenvalue weighted by atomic mass is 32.2. The standard InChI is InChI=1S/C23H30N2O3S/c1-16-12-17(2)14-19(13-16)18(3)24-23(27)21(10-11-29-4)25-22(26)15-28-20-8-6-5-7-9-20/h5-9,12-14,18,21H,10-11,15H2,1-4H3,(H,24,27)(H,25,26). The maximum Gasteiger partial charge on any atom is 0.258 e. The minimum Gasteiger partial charge on any atom is -0.484 e. The lowest BCUT2D eigenvalue weighted by Crippen LogP contribution is -2.48. The van der Waals surface area contributed by atoms with E-state index in [0.717, 1.165) is 22.4 Å². The molecule has 0 fully saturated rings. The minimum atomic E-state index is -0.595. The number of rotatable bonds is 10. The van der Waals surface area contributed by atoms with Crippen LogP contribution in [0.5, 0.6) is 5.75 Å². The van der Waals surface area contributed by atoms with E-state index in [0.29, 0.717) is 12.2 Å². The summed E-state index contributed by atoms with van der Waals surface area (Å²) in [5, 5.41) is 5.85. The number of amides is 2. The largest absolute Gasteiger partial charge is 0.484 e. The number of nitrogens with one attached hydrogen (secondary N) is 2. The number of carbonyl (C=O) groups excluding carboxylic acids is 2. The summed E-state index contributed by atoms with van der Waals surface area (Å²) in [6, 6.07) is 14.7. The van der Waals surface area contributed by atoms with Crippen LogP contribution in [0.4, 0.5) is 0 Å². The Kier molecular flexibility index (Phi) is 9.06. The van der Waals surface area contributed by atoms with Crippen molar-refractivity contribution >= 4 is 23.6 Å². The molecule has 2 unspecified atom stereocenters. The van der Waals surface area contributed by atoms with Gasteiger partial charge < -0.3 is 15.4 Å². The molecule has 2 N–H and O–H groups in total. The third-order valence-corrected chi connectivity index (χ3v) is 5.12. The summed E-state index contributed by atoms with van der Waals surface area (Å²) < 4.78 is 5.48. The summed E-state index contributed by atoms with van der Waals surface area (Å²) in [7, 11) is 0. The number of aryl methyl sites for hydroxylation is 2. The Bertz CT molecular complexity index is 791. The van der Waals surface area contributed by atoms with Crippen molar-refractivity contribution in [1.82, 2.24) is 10.6 Å². The number of ether oxygens (including phenoxy) is 1. The average Bonchev–Trinajstić information content (AvgIpc) is 2.69. The van der Waals surface area contributed by atoms with Crippen molar-refractivity contribution < 1.29 is 14.3 Å². The Morgan fingerprint density at radius 3 is 2.31 bits per heavy atom. The van der Waals surface area contributed by atoms with E-state index in [9.17, 15) is 9.59 Å². The predicted octanol–water partition coefficient (Wildman–Crippen LogP) is 3.80. The van der Waals surface area contributed by atoms with Crippen LogP contribution in [0.25, 0.3) is 0 Å². The van der Waals surface area contributed by atoms with Gasteiger partial charge in [0.2, 0.25) is 5.91 Å². The SMILES string of the molecule is CSCCC(NC(=O)COc1ccccc1)C(=O)NC(C)c1cc(C)cc(C)c1. The quantitative estimate of drug-likeness (QED) is 0.621. The van der Waals surface area contributed by atoms with Crippen molar-refractivity contribution in [1.29, 1.82) is 0 Å². The summed E-state index contributed by atoms with van der Waals surface area (Å²) >= 11 is 1.64. The van der Waals surface area contributed by atoms with Gasteiger partial charge in [0.05, 0.1) is 6.04 Å². The lowest BCUT2D eigenvalue weighted by molar-refractivity contribution is -0.130. The van der Waals surface area contributed by atoms with Crippen molar-refractivity contribution in [2.75, 3.05) is 18.6 Å². The van der Waals surface area contributed by atoms with Gasteiger partial charge in [-0.2, -0.15) is 11.8 Å². The molecule has 2 amide bonds. The zero-order chi connectivity index (χ0) is 21.2. The first kappa shape index (κ1) is 22.8. The highest BCUT2D eigenvalue weighted by molar-refractivity contribution is 7.98. The van der Waals surface area contributed by atoms with Gasteiger partial charge in [0.1, 0.15) is 11.8 Å². The number of para-hydroxylation sites is 1. The molecule has 0 radical (unpaired) electrons. The lowest BCUT2D eigenvalue weighted by Gasteiger charge is -2.22. The number of carbonyl (C=O) groups is 2. The molecule has 0 spiro atoms. The molecule has 0 heterocycles. The van der Waals surface area contributed by atoms with E-state index >= 15 is 0 Å². The highest BCUT2D eigenvalue weighted by Crippen LogP contribution is 2.17. The second-order valence-corrected chi connectivity index (χ2v) is 8.14. The van der Waals surface area contributed by atoms with E-state index in [2.05, 4.69) is 28.8 Å². The molecule has 0 aliphatic heterocycles. The van der Waals surface area contributed by atoms with Crippen molar-refractivity contribution in [2.24, 2.45) is 0 Å². The average molecular weight is 415 g/mol. The Morgan fingerprint density at radius 2 is 1.69 bits per heavy atom. The van der Waals surface area contributed by atoms with Crippen LogP contribution in [-0.2, 0) is 9.59 Å². The van der Waals surface area contributed by atoms with Crippen molar-refractivity contribution in [2.45, 2.75) is 39.3 Å². The number of hydrogen-bond acceptors (Lipinski definition) is 4. The van der Waals surface area contributed by atoms with Crippen LogP contribution >= 0.6 is 11.8 Å². The molecule has 0 aromatic heterocycles. The second kappa shape index (κ2) is 11.5. The van der Waals surface area contributed by atoms with Gasteiger partial charge in [0.15, 0.2) is 6.61 Å². The van der Waals surface area contributed by atoms with E-state index in [1.54, 1.807) is 23.9 Å². The van der Waals surface area contributed by atoms with E-state index < -0.39 is 6.04 Å². The monoisotopic (exact) mass is 414 g/mol. The van der Waals surface area contributed by atoms with Crippen molar-refractivity contribution in [3.63, 3.8) is 0 Å². The molecule has 156 valence electrons. The summed E-state index contributed by atoms with van der Waals surface area (Å²) in [6.45, 7) is 5.91. The molecule has 2 atom stereocenters. The van der Waals surface area contributed by atoms with Crippen LogP contribution in [-0.4, -0.2) is 36.5 Å². The van der Waals surface area contributed by atoms with Crippen LogP contribution < -0.4 is 15.4 Å². The number of hydrogen-bond donors (Lipinski definition) is 2. The molecule has 29 heavy (non-hydrogen) atoms. The van der Waals surface area contributed by atoms with Gasteiger partial charge in [-0.15, -0.1) is 0 Å². The lowest BCUT2D eigenvalue weighted by atomic mass is 10.0. The molecule has 2 aromatic carbocycles. The Balaban J connectivity index is 1.96. The smallest absolute Gasteiger partial charge is 0.258 e. The molecule has 5 nitrogen and oxygen atoms in total. The first-order valence-electron chi connectivity index (χ1n) is 9.73. The van der Waals surface area contributed by atoms with Crippen LogP contribution in [0.15, 0.2) is 48.5 Å². The van der Waals surface area contributed by atoms with E-state index in [1.807, 2.05) is 45.2 Å². The Morgan fingerprint density at radius 1 is 1.03 bits per heavy atom. The Hall–Kier alpha value is -2.47. The van der Waals surface area contributed by atoms with Gasteiger partial charge in [-0.3, -0.25) is 9.59 Å². The van der Waals surface area contributed by atoms with E-state index in [-0.39, 0.29) is 24.5 Å². The molecule has 0 bridgehead atoms. The summed E-state index contributed by atoms with van der Waals surface area (Å²) in [4.78, 5) is 25.2. The third-order valence-electron chi connectivity index (χ3n) is 4.48. The summed E-state index contributed by atoms with van der Waals surface area (Å²) in [5.74, 6) is 0.902. The highest BCUT2D eigenvalue weighted by Gasteiger charge is 2.22. The third kappa shape index (κ3) is 7.81. The van der Waals surface area contributed by atoms with Gasteiger partial charge in [0.25, 0.3) is 5.91 Å². The summed E-state index contributed by atoms with van der Waals surface area (Å²) in [5.41, 5.74) is 3.37. The zero-order valence-electron chi connectivity index (χ0n) is 17.5. The molecule has 0 aliphatic carbocycles. The van der Waals surface area contributed by atoms with Crippen molar-refractivity contribution in [3.8, 4) is 5.75 Å². The fraction of sp³-hybridized carbons (Fsp3) is 0.391. The molecule has 6 heteroatoms. The van der Waals surface area contributed by atoms with Gasteiger partial charge in [-0.25, -0.2) is 0 Å². The molecule has 2 rings (SSSR count). The number of thioether (sulfide) groups is 1. The minimum absolute atomic E-state index is 0.125. The normalized spacial score (nSPS) is 12.7. The molecule has 0 aliphatic rings. The van der Waals surface area contributed by atoms with Crippen molar-refractivity contribution in [3.05, 3.63) is 65.2 Å². The van der Waals surface area contributed by atoms with Crippen LogP contribution in [0.2, 0.25) is 0 Å². The molecule has 0 saturated carbocycles. The fourth-order valence-corrected chi connectivity index (χ4v) is 3.53. The number of benzene rings is 2. The van der Waals surface area contributed by atoms with Crippen LogP contribution in [0.3, 0.4) is 0 Å². The topological polar surface area (TPSA) is 67.4 Å². The van der Waals surface area contributed by atoms with E-state index in [1.165, 1.54) is 0 Å². The maximum atomic E-state index is 12.8. The fourth-order valence-electron chi connectivity index (χ4n) is 3.06. The molecular weight excluding hydrogens is 384 g/mol. The van der Waals surface area contributed by atoms with Gasteiger partial charge in [-0.05, 0) is 56.9 Å². The molecule has 0 saturated heterocycles. The molecule has 2 aromatic rings.